The van der Waals surface area contributed by atoms with Crippen LogP contribution < -0.4 is 0 Å². The average molecular weight is 370 g/mol. The molecule has 27 heavy (non-hydrogen) atoms. The van der Waals surface area contributed by atoms with E-state index in [9.17, 15) is 0 Å². The van der Waals surface area contributed by atoms with Crippen LogP contribution >= 0.6 is 0 Å². The van der Waals surface area contributed by atoms with Crippen molar-refractivity contribution in [3.05, 3.63) is 53.5 Å². The number of aliphatic hydroxyl groups is 1. The van der Waals surface area contributed by atoms with Crippen LogP contribution in [0.3, 0.4) is 0 Å². The van der Waals surface area contributed by atoms with Crippen LogP contribution in [0.15, 0.2) is 45.8 Å². The van der Waals surface area contributed by atoms with Crippen molar-refractivity contribution < 1.29 is 19.1 Å². The third kappa shape index (κ3) is 4.43. The van der Waals surface area contributed by atoms with Crippen LogP contribution in [0.2, 0.25) is 0 Å². The minimum absolute atomic E-state index is 0.213. The van der Waals surface area contributed by atoms with Crippen molar-refractivity contribution in [3.8, 4) is 11.5 Å². The Labute approximate surface area is 154 Å². The molecule has 3 aromatic rings. The normalized spacial score (nSPS) is 11.6. The maximum absolute atomic E-state index is 9.09. The quantitative estimate of drug-likeness (QED) is 0.444. The van der Waals surface area contributed by atoms with Gasteiger partial charge in [0.25, 0.3) is 0 Å². The molecule has 0 saturated carbocycles. The summed E-state index contributed by atoms with van der Waals surface area (Å²) >= 11 is 0. The Kier molecular flexibility index (Phi) is 6.02. The van der Waals surface area contributed by atoms with Crippen LogP contribution in [0.4, 0.5) is 0 Å². The molecule has 0 atom stereocenters. The first-order valence-electron chi connectivity index (χ1n) is 7.96. The molecule has 0 radical (unpaired) electrons. The molecule has 3 heterocycles. The summed E-state index contributed by atoms with van der Waals surface area (Å²) < 4.78 is 17.3. The number of hydrogen-bond acceptors (Lipinski definition) is 9. The van der Waals surface area contributed by atoms with Crippen LogP contribution in [0.1, 0.15) is 17.3 Å². The van der Waals surface area contributed by atoms with Crippen LogP contribution in [-0.4, -0.2) is 50.6 Å². The number of aromatic nitrogens is 5. The van der Waals surface area contributed by atoms with Crippen molar-refractivity contribution in [2.45, 2.75) is 13.2 Å². The highest BCUT2D eigenvalue weighted by Gasteiger charge is 2.16. The zero-order chi connectivity index (χ0) is 19.1. The molecule has 10 nitrogen and oxygen atoms in total. The van der Waals surface area contributed by atoms with E-state index in [0.717, 1.165) is 5.69 Å². The van der Waals surface area contributed by atoms with Gasteiger partial charge in [0.1, 0.15) is 19.0 Å². The maximum Gasteiger partial charge on any atom is 0.207 e. The van der Waals surface area contributed by atoms with E-state index in [1.807, 2.05) is 18.2 Å². The van der Waals surface area contributed by atoms with Gasteiger partial charge in [0.05, 0.1) is 19.4 Å². The molecular weight excluding hydrogens is 352 g/mol. The Morgan fingerprint density at radius 3 is 2.96 bits per heavy atom. The predicted molar refractivity (Wildman–Crippen MR) is 95.3 cm³/mol. The molecule has 0 aliphatic heterocycles. The minimum atomic E-state index is -0.267. The Balaban J connectivity index is 1.74. The maximum atomic E-state index is 9.09. The standard InChI is InChI=1S/C17H18N6O4/c1-18-23-16(20-21-17(23)15-7-13(9-24)27-22-15)8-14(25-2)11-26-10-12-5-3-4-6-19-12/h3-8,24H,1,9-11H2,2H3/b14-8+. The number of ether oxygens (including phenoxy) is 2. The smallest absolute Gasteiger partial charge is 0.207 e. The van der Waals surface area contributed by atoms with Crippen molar-refractivity contribution in [1.82, 2.24) is 25.0 Å². The molecule has 0 aliphatic rings. The molecule has 0 saturated heterocycles. The summed E-state index contributed by atoms with van der Waals surface area (Å²) in [5.74, 6) is 1.53. The lowest BCUT2D eigenvalue weighted by atomic mass is 10.3. The number of rotatable bonds is 9. The summed E-state index contributed by atoms with van der Waals surface area (Å²) in [6.07, 6.45) is 3.34. The molecule has 0 fully saturated rings. The molecule has 3 aromatic heterocycles. The first-order valence-corrected chi connectivity index (χ1v) is 7.96. The highest BCUT2D eigenvalue weighted by atomic mass is 16.5. The second-order valence-electron chi connectivity index (χ2n) is 5.30. The number of hydrogen-bond donors (Lipinski definition) is 1. The second-order valence-corrected chi connectivity index (χ2v) is 5.30. The summed E-state index contributed by atoms with van der Waals surface area (Å²) in [6.45, 7) is 3.82. The lowest BCUT2D eigenvalue weighted by Gasteiger charge is -2.07. The van der Waals surface area contributed by atoms with Gasteiger partial charge < -0.3 is 19.1 Å². The molecule has 0 aliphatic carbocycles. The van der Waals surface area contributed by atoms with Crippen LogP contribution in [0, 0.1) is 0 Å². The summed E-state index contributed by atoms with van der Waals surface area (Å²) in [5.41, 5.74) is 1.20. The van der Waals surface area contributed by atoms with Gasteiger partial charge in [-0.25, -0.2) is 0 Å². The van der Waals surface area contributed by atoms with Crippen molar-refractivity contribution in [2.75, 3.05) is 13.7 Å². The summed E-state index contributed by atoms with van der Waals surface area (Å²) in [5, 5.41) is 24.9. The lowest BCUT2D eigenvalue weighted by molar-refractivity contribution is 0.103. The topological polar surface area (TPSA) is 121 Å². The van der Waals surface area contributed by atoms with Crippen molar-refractivity contribution >= 4 is 12.8 Å². The van der Waals surface area contributed by atoms with Gasteiger partial charge in [0.2, 0.25) is 5.82 Å². The largest absolute Gasteiger partial charge is 0.499 e. The van der Waals surface area contributed by atoms with Crippen molar-refractivity contribution in [1.29, 1.82) is 0 Å². The van der Waals surface area contributed by atoms with Crippen molar-refractivity contribution in [3.63, 3.8) is 0 Å². The zero-order valence-corrected chi connectivity index (χ0v) is 14.6. The van der Waals surface area contributed by atoms with Gasteiger partial charge >= 0.3 is 0 Å². The zero-order valence-electron chi connectivity index (χ0n) is 14.6. The third-order valence-corrected chi connectivity index (χ3v) is 3.52. The van der Waals surface area contributed by atoms with Crippen LogP contribution in [0.5, 0.6) is 0 Å². The van der Waals surface area contributed by atoms with E-state index in [2.05, 4.69) is 32.2 Å². The highest BCUT2D eigenvalue weighted by Crippen LogP contribution is 2.19. The molecule has 3 rings (SSSR count). The lowest BCUT2D eigenvalue weighted by Crippen LogP contribution is -2.03. The van der Waals surface area contributed by atoms with Gasteiger partial charge in [-0.2, -0.15) is 9.78 Å². The van der Waals surface area contributed by atoms with E-state index in [1.54, 1.807) is 18.3 Å². The van der Waals surface area contributed by atoms with Gasteiger partial charge in [-0.1, -0.05) is 11.2 Å². The summed E-state index contributed by atoms with van der Waals surface area (Å²) in [6, 6.07) is 7.16. The average Bonchev–Trinajstić information content (AvgIpc) is 3.34. The monoisotopic (exact) mass is 370 g/mol. The molecular formula is C17H18N6O4. The Morgan fingerprint density at radius 2 is 2.30 bits per heavy atom. The first kappa shape index (κ1) is 18.4. The van der Waals surface area contributed by atoms with E-state index < -0.39 is 0 Å². The van der Waals surface area contributed by atoms with Gasteiger partial charge in [-0.15, -0.1) is 10.2 Å². The molecule has 0 aromatic carbocycles. The predicted octanol–water partition coefficient (Wildman–Crippen LogP) is 1.49. The minimum Gasteiger partial charge on any atom is -0.499 e. The number of nitrogens with zero attached hydrogens (tertiary/aromatic N) is 6. The van der Waals surface area contributed by atoms with E-state index in [0.29, 0.717) is 35.5 Å². The molecule has 1 N–H and O–H groups in total. The first-order chi connectivity index (χ1) is 13.2. The van der Waals surface area contributed by atoms with E-state index in [1.165, 1.54) is 11.8 Å². The van der Waals surface area contributed by atoms with Gasteiger partial charge in [-0.05, 0) is 12.1 Å². The van der Waals surface area contributed by atoms with Gasteiger partial charge in [0.15, 0.2) is 17.3 Å². The number of methoxy groups -OCH3 is 1. The van der Waals surface area contributed by atoms with Gasteiger partial charge in [0, 0.05) is 25.1 Å². The Morgan fingerprint density at radius 1 is 1.41 bits per heavy atom. The molecule has 0 bridgehead atoms. The molecule has 0 spiro atoms. The summed E-state index contributed by atoms with van der Waals surface area (Å²) in [7, 11) is 1.53. The molecule has 140 valence electrons. The van der Waals surface area contributed by atoms with Crippen molar-refractivity contribution in [2.24, 2.45) is 5.10 Å². The highest BCUT2D eigenvalue weighted by molar-refractivity contribution is 5.54. The van der Waals surface area contributed by atoms with E-state index >= 15 is 0 Å². The summed E-state index contributed by atoms with van der Waals surface area (Å²) in [4.78, 5) is 4.19. The molecule has 0 unspecified atom stereocenters. The second kappa shape index (κ2) is 8.83. The fourth-order valence-corrected chi connectivity index (χ4v) is 2.22. The van der Waals surface area contributed by atoms with Crippen LogP contribution in [-0.2, 0) is 22.7 Å². The van der Waals surface area contributed by atoms with Crippen LogP contribution in [0.25, 0.3) is 17.6 Å². The fraction of sp³-hybridized carbons (Fsp3) is 0.235. The Bertz CT molecular complexity index is 919. The number of aliphatic hydroxyl groups excluding tert-OH is 1. The SMILES string of the molecule is C=Nn1c(/C=C(\COCc2ccccn2)OC)nnc1-c1cc(CO)on1. The van der Waals surface area contributed by atoms with E-state index in [-0.39, 0.29) is 13.2 Å². The molecule has 10 heteroatoms. The Hall–Kier alpha value is -3.37. The molecule has 0 amide bonds. The fourth-order valence-electron chi connectivity index (χ4n) is 2.22. The third-order valence-electron chi connectivity index (χ3n) is 3.52. The number of pyridine rings is 1. The van der Waals surface area contributed by atoms with E-state index in [4.69, 9.17) is 19.1 Å². The van der Waals surface area contributed by atoms with Gasteiger partial charge in [-0.3, -0.25) is 4.98 Å².